The Bertz CT molecular complexity index is 808. The van der Waals surface area contributed by atoms with Crippen LogP contribution in [-0.2, 0) is 5.54 Å². The number of rotatable bonds is 3. The van der Waals surface area contributed by atoms with E-state index in [0.717, 1.165) is 36.0 Å². The van der Waals surface area contributed by atoms with Gasteiger partial charge < -0.3 is 4.98 Å². The van der Waals surface area contributed by atoms with Crippen LogP contribution in [0.1, 0.15) is 25.0 Å². The zero-order chi connectivity index (χ0) is 14.3. The summed E-state index contributed by atoms with van der Waals surface area (Å²) in [5.74, 6) is 0.232. The predicted octanol–water partition coefficient (Wildman–Crippen LogP) is 2.22. The molecule has 0 aromatic carbocycles. The van der Waals surface area contributed by atoms with Crippen LogP contribution in [0.3, 0.4) is 0 Å². The lowest BCUT2D eigenvalue weighted by molar-refractivity contribution is 0.165. The van der Waals surface area contributed by atoms with E-state index in [-0.39, 0.29) is 5.92 Å². The number of nitrogens with zero attached hydrogens (tertiary/aromatic N) is 5. The summed E-state index contributed by atoms with van der Waals surface area (Å²) in [4.78, 5) is 11.8. The van der Waals surface area contributed by atoms with Gasteiger partial charge in [-0.1, -0.05) is 6.42 Å². The minimum Gasteiger partial charge on any atom is -0.346 e. The van der Waals surface area contributed by atoms with Crippen LogP contribution in [0.2, 0.25) is 0 Å². The largest absolute Gasteiger partial charge is 0.346 e. The Hall–Kier alpha value is -2.68. The average Bonchev–Trinajstić information content (AvgIpc) is 3.12. The molecule has 0 radical (unpaired) electrons. The van der Waals surface area contributed by atoms with Crippen LogP contribution in [0.15, 0.2) is 37.1 Å². The van der Waals surface area contributed by atoms with Crippen molar-refractivity contribution in [2.45, 2.75) is 24.8 Å². The molecule has 3 aromatic heterocycles. The number of aromatic nitrogens is 5. The van der Waals surface area contributed by atoms with Gasteiger partial charge in [0.05, 0.1) is 11.8 Å². The molecule has 1 unspecified atom stereocenters. The lowest BCUT2D eigenvalue weighted by Gasteiger charge is -2.40. The molecule has 0 saturated heterocycles. The number of nitrogens with one attached hydrogen (secondary N) is 1. The molecular weight excluding hydrogens is 264 g/mol. The second-order valence-electron chi connectivity index (χ2n) is 5.42. The minimum atomic E-state index is -0.856. The van der Waals surface area contributed by atoms with Gasteiger partial charge in [0.15, 0.2) is 5.54 Å². The van der Waals surface area contributed by atoms with Gasteiger partial charge in [0.2, 0.25) is 0 Å². The Morgan fingerprint density at radius 2 is 2.29 bits per heavy atom. The van der Waals surface area contributed by atoms with Crippen LogP contribution >= 0.6 is 0 Å². The van der Waals surface area contributed by atoms with Gasteiger partial charge in [0, 0.05) is 29.9 Å². The number of hydrogen-bond donors (Lipinski definition) is 1. The molecule has 1 atom stereocenters. The van der Waals surface area contributed by atoms with E-state index in [4.69, 9.17) is 0 Å². The van der Waals surface area contributed by atoms with E-state index in [2.05, 4.69) is 26.1 Å². The maximum absolute atomic E-state index is 10.1. The van der Waals surface area contributed by atoms with Gasteiger partial charge >= 0.3 is 0 Å². The highest BCUT2D eigenvalue weighted by atomic mass is 15.3. The fraction of sp³-hybridized carbons (Fsp3) is 0.333. The third-order valence-corrected chi connectivity index (χ3v) is 4.45. The van der Waals surface area contributed by atoms with Crippen molar-refractivity contribution in [3.05, 3.63) is 42.7 Å². The van der Waals surface area contributed by atoms with E-state index in [9.17, 15) is 5.26 Å². The summed E-state index contributed by atoms with van der Waals surface area (Å²) in [6, 6.07) is 6.29. The SMILES string of the molecule is N#CC(c1ncnc2[nH]ccc12)(C1CCC1)n1cccn1. The van der Waals surface area contributed by atoms with Crippen molar-refractivity contribution in [1.29, 1.82) is 5.26 Å². The topological polar surface area (TPSA) is 83.2 Å². The second kappa shape index (κ2) is 4.42. The average molecular weight is 278 g/mol. The van der Waals surface area contributed by atoms with Gasteiger partial charge in [-0.05, 0) is 25.0 Å². The summed E-state index contributed by atoms with van der Waals surface area (Å²) < 4.78 is 1.76. The van der Waals surface area contributed by atoms with Crippen molar-refractivity contribution < 1.29 is 0 Å². The lowest BCUT2D eigenvalue weighted by Crippen LogP contribution is -2.45. The first-order valence-corrected chi connectivity index (χ1v) is 7.06. The zero-order valence-corrected chi connectivity index (χ0v) is 11.4. The summed E-state index contributed by atoms with van der Waals surface area (Å²) in [7, 11) is 0. The molecule has 0 amide bonds. The Morgan fingerprint density at radius 3 is 2.95 bits per heavy atom. The van der Waals surface area contributed by atoms with Gasteiger partial charge in [0.1, 0.15) is 12.0 Å². The van der Waals surface area contributed by atoms with E-state index < -0.39 is 5.54 Å². The minimum absolute atomic E-state index is 0.232. The Morgan fingerprint density at radius 1 is 1.38 bits per heavy atom. The second-order valence-corrected chi connectivity index (χ2v) is 5.42. The Kier molecular flexibility index (Phi) is 2.54. The van der Waals surface area contributed by atoms with Gasteiger partial charge in [0.25, 0.3) is 0 Å². The third kappa shape index (κ3) is 1.54. The first kappa shape index (κ1) is 12.1. The molecule has 0 bridgehead atoms. The molecule has 1 aliphatic carbocycles. The molecule has 3 heterocycles. The highest BCUT2D eigenvalue weighted by molar-refractivity contribution is 5.79. The molecule has 21 heavy (non-hydrogen) atoms. The number of fused-ring (bicyclic) bond motifs is 1. The molecule has 0 spiro atoms. The van der Waals surface area contributed by atoms with Crippen LogP contribution in [0.5, 0.6) is 0 Å². The highest BCUT2D eigenvalue weighted by Crippen LogP contribution is 2.45. The van der Waals surface area contributed by atoms with Gasteiger partial charge in [-0.15, -0.1) is 0 Å². The van der Waals surface area contributed by atoms with E-state index in [1.165, 1.54) is 6.33 Å². The van der Waals surface area contributed by atoms with Crippen LogP contribution in [-0.4, -0.2) is 24.7 Å². The van der Waals surface area contributed by atoms with Gasteiger partial charge in [-0.2, -0.15) is 10.4 Å². The summed E-state index contributed by atoms with van der Waals surface area (Å²) >= 11 is 0. The molecule has 1 saturated carbocycles. The quantitative estimate of drug-likeness (QED) is 0.796. The first-order valence-electron chi connectivity index (χ1n) is 7.06. The van der Waals surface area contributed by atoms with Crippen LogP contribution in [0.25, 0.3) is 11.0 Å². The molecule has 6 nitrogen and oxygen atoms in total. The molecule has 1 aliphatic rings. The van der Waals surface area contributed by atoms with E-state index in [1.54, 1.807) is 10.9 Å². The van der Waals surface area contributed by atoms with Crippen molar-refractivity contribution >= 4 is 11.0 Å². The standard InChI is InChI=1S/C15H14N6/c16-9-15(11-3-1-4-11,21-8-2-6-20-21)13-12-5-7-17-14(12)19-10-18-13/h2,5-8,10-11H,1,3-4H2,(H,17,18,19). The smallest absolute Gasteiger partial charge is 0.193 e. The van der Waals surface area contributed by atoms with Crippen molar-refractivity contribution in [1.82, 2.24) is 24.7 Å². The van der Waals surface area contributed by atoms with Crippen LogP contribution < -0.4 is 0 Å². The van der Waals surface area contributed by atoms with Gasteiger partial charge in [-0.3, -0.25) is 0 Å². The summed E-state index contributed by atoms with van der Waals surface area (Å²) in [6.45, 7) is 0. The molecule has 1 fully saturated rings. The Labute approximate surface area is 121 Å². The lowest BCUT2D eigenvalue weighted by atomic mass is 9.69. The number of hydrogen-bond acceptors (Lipinski definition) is 4. The van der Waals surface area contributed by atoms with Crippen molar-refractivity contribution in [3.63, 3.8) is 0 Å². The summed E-state index contributed by atoms with van der Waals surface area (Å²) in [5.41, 5.74) is 0.640. The maximum atomic E-state index is 10.1. The van der Waals surface area contributed by atoms with Crippen LogP contribution in [0, 0.1) is 17.2 Å². The predicted molar refractivity (Wildman–Crippen MR) is 76.1 cm³/mol. The number of nitriles is 1. The van der Waals surface area contributed by atoms with Gasteiger partial charge in [-0.25, -0.2) is 14.6 Å². The number of H-pyrrole nitrogens is 1. The van der Waals surface area contributed by atoms with E-state index >= 15 is 0 Å². The molecular formula is C15H14N6. The highest BCUT2D eigenvalue weighted by Gasteiger charge is 2.48. The fourth-order valence-electron chi connectivity index (χ4n) is 3.16. The fourth-order valence-corrected chi connectivity index (χ4v) is 3.16. The monoisotopic (exact) mass is 278 g/mol. The summed E-state index contributed by atoms with van der Waals surface area (Å²) in [6.07, 6.45) is 10.1. The van der Waals surface area contributed by atoms with E-state index in [1.807, 2.05) is 24.5 Å². The summed E-state index contributed by atoms with van der Waals surface area (Å²) in [5, 5.41) is 15.3. The number of aromatic amines is 1. The first-order chi connectivity index (χ1) is 10.4. The van der Waals surface area contributed by atoms with Crippen molar-refractivity contribution in [2.75, 3.05) is 0 Å². The van der Waals surface area contributed by atoms with Crippen molar-refractivity contribution in [2.24, 2.45) is 5.92 Å². The maximum Gasteiger partial charge on any atom is 0.193 e. The third-order valence-electron chi connectivity index (χ3n) is 4.45. The van der Waals surface area contributed by atoms with E-state index in [0.29, 0.717) is 0 Å². The molecule has 0 aliphatic heterocycles. The van der Waals surface area contributed by atoms with Crippen molar-refractivity contribution in [3.8, 4) is 6.07 Å². The van der Waals surface area contributed by atoms with Crippen LogP contribution in [0.4, 0.5) is 0 Å². The Balaban J connectivity index is 2.03. The molecule has 104 valence electrons. The molecule has 1 N–H and O–H groups in total. The normalized spacial score (nSPS) is 18.0. The molecule has 4 rings (SSSR count). The molecule has 3 aromatic rings. The molecule has 6 heteroatoms. The zero-order valence-electron chi connectivity index (χ0n) is 11.4.